The van der Waals surface area contributed by atoms with Gasteiger partial charge in [-0.1, -0.05) is 6.42 Å². The van der Waals surface area contributed by atoms with Crippen LogP contribution in [0.5, 0.6) is 0 Å². The van der Waals surface area contributed by atoms with Crippen LogP contribution in [0.4, 0.5) is 0 Å². The molecule has 2 nitrogen and oxygen atoms in total. The normalized spacial score (nSPS) is 22.4. The Morgan fingerprint density at radius 1 is 1.44 bits per heavy atom. The predicted molar refractivity (Wildman–Crippen MR) is 70.9 cm³/mol. The fourth-order valence-electron chi connectivity index (χ4n) is 2.58. The molecule has 1 saturated heterocycles. The first-order valence-electron chi connectivity index (χ1n) is 6.35. The fraction of sp³-hybridized carbons (Fsp3) is 0.692. The van der Waals surface area contributed by atoms with Gasteiger partial charge in [0.2, 0.25) is 0 Å². The number of rotatable bonds is 5. The third kappa shape index (κ3) is 3.30. The van der Waals surface area contributed by atoms with Crippen LogP contribution in [0.15, 0.2) is 16.8 Å². The van der Waals surface area contributed by atoms with Gasteiger partial charge in [-0.2, -0.15) is 11.3 Å². The third-order valence-electron chi connectivity index (χ3n) is 3.52. The summed E-state index contributed by atoms with van der Waals surface area (Å²) in [4.78, 5) is 2.65. The molecule has 90 valence electrons. The van der Waals surface area contributed by atoms with Crippen LogP contribution in [-0.2, 0) is 6.42 Å². The number of piperidine rings is 1. The van der Waals surface area contributed by atoms with E-state index >= 15 is 0 Å². The van der Waals surface area contributed by atoms with Gasteiger partial charge < -0.3 is 10.6 Å². The standard InChI is InChI=1S/C13H22N2S/c14-7-4-13-3-1-2-8-15(13)9-5-12-6-10-16-11-12/h6,10-11,13H,1-5,7-9,14H2. The van der Waals surface area contributed by atoms with Gasteiger partial charge in [0, 0.05) is 12.6 Å². The first kappa shape index (κ1) is 12.1. The quantitative estimate of drug-likeness (QED) is 0.854. The lowest BCUT2D eigenvalue weighted by Crippen LogP contribution is -2.41. The molecule has 16 heavy (non-hydrogen) atoms. The van der Waals surface area contributed by atoms with Crippen LogP contribution in [0, 0.1) is 0 Å². The molecule has 0 radical (unpaired) electrons. The Hall–Kier alpha value is -0.380. The van der Waals surface area contributed by atoms with Gasteiger partial charge in [-0.25, -0.2) is 0 Å². The molecule has 1 aromatic heterocycles. The second-order valence-corrected chi connectivity index (χ2v) is 5.42. The zero-order chi connectivity index (χ0) is 11.2. The van der Waals surface area contributed by atoms with Gasteiger partial charge in [-0.3, -0.25) is 0 Å². The van der Waals surface area contributed by atoms with E-state index in [4.69, 9.17) is 5.73 Å². The molecule has 2 rings (SSSR count). The van der Waals surface area contributed by atoms with Gasteiger partial charge in [0.05, 0.1) is 0 Å². The minimum Gasteiger partial charge on any atom is -0.330 e. The maximum atomic E-state index is 5.69. The summed E-state index contributed by atoms with van der Waals surface area (Å²) in [6.45, 7) is 3.32. The van der Waals surface area contributed by atoms with E-state index in [0.29, 0.717) is 0 Å². The molecule has 1 aromatic rings. The molecule has 1 unspecified atom stereocenters. The molecule has 0 aliphatic carbocycles. The lowest BCUT2D eigenvalue weighted by molar-refractivity contribution is 0.144. The zero-order valence-electron chi connectivity index (χ0n) is 9.90. The predicted octanol–water partition coefficient (Wildman–Crippen LogP) is 2.49. The fourth-order valence-corrected chi connectivity index (χ4v) is 3.28. The Morgan fingerprint density at radius 2 is 2.38 bits per heavy atom. The molecule has 3 heteroatoms. The summed E-state index contributed by atoms with van der Waals surface area (Å²) in [5, 5.41) is 4.44. The maximum Gasteiger partial charge on any atom is 0.0107 e. The number of nitrogens with zero attached hydrogens (tertiary/aromatic N) is 1. The Labute approximate surface area is 102 Å². The summed E-state index contributed by atoms with van der Waals surface area (Å²) in [5.41, 5.74) is 7.18. The molecule has 1 aliphatic rings. The van der Waals surface area contributed by atoms with Crippen LogP contribution >= 0.6 is 11.3 Å². The summed E-state index contributed by atoms with van der Waals surface area (Å²) >= 11 is 1.80. The second kappa shape index (κ2) is 6.38. The van der Waals surface area contributed by atoms with Gasteiger partial charge in [-0.15, -0.1) is 0 Å². The molecule has 1 aliphatic heterocycles. The number of likely N-dealkylation sites (tertiary alicyclic amines) is 1. The van der Waals surface area contributed by atoms with Crippen LogP contribution in [0.25, 0.3) is 0 Å². The van der Waals surface area contributed by atoms with Crippen LogP contribution in [0.1, 0.15) is 31.2 Å². The lowest BCUT2D eigenvalue weighted by atomic mass is 9.99. The van der Waals surface area contributed by atoms with E-state index in [-0.39, 0.29) is 0 Å². The lowest BCUT2D eigenvalue weighted by Gasteiger charge is -2.35. The van der Waals surface area contributed by atoms with Crippen molar-refractivity contribution >= 4 is 11.3 Å². The smallest absolute Gasteiger partial charge is 0.0107 e. The third-order valence-corrected chi connectivity index (χ3v) is 4.25. The van der Waals surface area contributed by atoms with E-state index in [1.165, 1.54) is 50.8 Å². The van der Waals surface area contributed by atoms with Crippen LogP contribution < -0.4 is 5.73 Å². The topological polar surface area (TPSA) is 29.3 Å². The number of hydrogen-bond acceptors (Lipinski definition) is 3. The Kier molecular flexibility index (Phi) is 4.82. The largest absolute Gasteiger partial charge is 0.330 e. The summed E-state index contributed by atoms with van der Waals surface area (Å²) in [5.74, 6) is 0. The van der Waals surface area contributed by atoms with Gasteiger partial charge in [0.1, 0.15) is 0 Å². The molecule has 1 fully saturated rings. The van der Waals surface area contributed by atoms with E-state index in [2.05, 4.69) is 21.7 Å². The molecule has 1 atom stereocenters. The number of nitrogens with two attached hydrogens (primary N) is 1. The molecular weight excluding hydrogens is 216 g/mol. The summed E-state index contributed by atoms with van der Waals surface area (Å²) in [6, 6.07) is 2.99. The molecule has 0 saturated carbocycles. The maximum absolute atomic E-state index is 5.69. The molecule has 0 spiro atoms. The molecule has 0 bridgehead atoms. The second-order valence-electron chi connectivity index (χ2n) is 4.64. The van der Waals surface area contributed by atoms with Crippen molar-refractivity contribution in [2.75, 3.05) is 19.6 Å². The van der Waals surface area contributed by atoms with Crippen molar-refractivity contribution in [3.05, 3.63) is 22.4 Å². The average molecular weight is 238 g/mol. The monoisotopic (exact) mass is 238 g/mol. The van der Waals surface area contributed by atoms with Crippen LogP contribution in [0.3, 0.4) is 0 Å². The Bertz CT molecular complexity index is 282. The van der Waals surface area contributed by atoms with Crippen LogP contribution in [-0.4, -0.2) is 30.6 Å². The SMILES string of the molecule is NCCC1CCCCN1CCc1ccsc1. The number of hydrogen-bond donors (Lipinski definition) is 1. The van der Waals surface area contributed by atoms with Gasteiger partial charge in [0.25, 0.3) is 0 Å². The first-order valence-corrected chi connectivity index (χ1v) is 7.29. The van der Waals surface area contributed by atoms with Crippen molar-refractivity contribution in [2.45, 2.75) is 38.1 Å². The number of thiophene rings is 1. The minimum absolute atomic E-state index is 0.748. The van der Waals surface area contributed by atoms with Gasteiger partial charge in [0.15, 0.2) is 0 Å². The van der Waals surface area contributed by atoms with Crippen molar-refractivity contribution in [3.63, 3.8) is 0 Å². The van der Waals surface area contributed by atoms with Gasteiger partial charge in [-0.05, 0) is 61.2 Å². The highest BCUT2D eigenvalue weighted by Crippen LogP contribution is 2.19. The van der Waals surface area contributed by atoms with E-state index in [9.17, 15) is 0 Å². The molecule has 0 aromatic carbocycles. The average Bonchev–Trinajstić information content (AvgIpc) is 2.81. The van der Waals surface area contributed by atoms with Crippen molar-refractivity contribution in [1.82, 2.24) is 4.90 Å². The summed E-state index contributed by atoms with van der Waals surface area (Å²) in [7, 11) is 0. The summed E-state index contributed by atoms with van der Waals surface area (Å²) in [6.07, 6.45) is 6.47. The molecule has 2 heterocycles. The van der Waals surface area contributed by atoms with E-state index in [1.807, 2.05) is 0 Å². The van der Waals surface area contributed by atoms with Crippen LogP contribution in [0.2, 0.25) is 0 Å². The van der Waals surface area contributed by atoms with E-state index < -0.39 is 0 Å². The zero-order valence-corrected chi connectivity index (χ0v) is 10.7. The molecule has 0 amide bonds. The van der Waals surface area contributed by atoms with E-state index in [0.717, 1.165) is 12.6 Å². The Balaban J connectivity index is 1.81. The molecular formula is C13H22N2S. The van der Waals surface area contributed by atoms with Crippen molar-refractivity contribution in [3.8, 4) is 0 Å². The molecule has 2 N–H and O–H groups in total. The summed E-state index contributed by atoms with van der Waals surface area (Å²) < 4.78 is 0. The van der Waals surface area contributed by atoms with Crippen molar-refractivity contribution in [2.24, 2.45) is 5.73 Å². The Morgan fingerprint density at radius 3 is 3.12 bits per heavy atom. The highest BCUT2D eigenvalue weighted by Gasteiger charge is 2.20. The van der Waals surface area contributed by atoms with Gasteiger partial charge >= 0.3 is 0 Å². The highest BCUT2D eigenvalue weighted by atomic mass is 32.1. The van der Waals surface area contributed by atoms with Crippen molar-refractivity contribution < 1.29 is 0 Å². The highest BCUT2D eigenvalue weighted by molar-refractivity contribution is 7.07. The first-order chi connectivity index (χ1) is 7.90. The van der Waals surface area contributed by atoms with E-state index in [1.54, 1.807) is 11.3 Å². The minimum atomic E-state index is 0.748. The van der Waals surface area contributed by atoms with Crippen molar-refractivity contribution in [1.29, 1.82) is 0 Å².